The first kappa shape index (κ1) is 28.8. The number of hydrogen-bond acceptors (Lipinski definition) is 4. The Hall–Kier alpha value is -3.73. The summed E-state index contributed by atoms with van der Waals surface area (Å²) in [6.45, 7) is 3.76. The lowest BCUT2D eigenvalue weighted by molar-refractivity contribution is -0.116. The molecule has 1 N–H and O–H groups in total. The number of carbonyl (C=O) groups is 1. The SMILES string of the molecule is CCCCCCCCCCNC(=O)C=COc1ccc(OCc2ccccc2)c(OCc2ccccc2)c1. The summed E-state index contributed by atoms with van der Waals surface area (Å²) in [5, 5.41) is 2.92. The van der Waals surface area contributed by atoms with Gasteiger partial charge in [-0.15, -0.1) is 0 Å². The molecule has 0 heterocycles. The molecule has 38 heavy (non-hydrogen) atoms. The van der Waals surface area contributed by atoms with Crippen LogP contribution in [-0.2, 0) is 18.0 Å². The summed E-state index contributed by atoms with van der Waals surface area (Å²) in [7, 11) is 0. The van der Waals surface area contributed by atoms with Crippen molar-refractivity contribution in [3.05, 3.63) is 102 Å². The molecule has 0 saturated heterocycles. The highest BCUT2D eigenvalue weighted by Gasteiger charge is 2.09. The molecule has 0 aliphatic heterocycles. The minimum Gasteiger partial charge on any atom is -0.485 e. The van der Waals surface area contributed by atoms with Crippen LogP contribution in [0.2, 0.25) is 0 Å². The molecule has 0 bridgehead atoms. The van der Waals surface area contributed by atoms with Crippen LogP contribution in [0.1, 0.15) is 69.4 Å². The van der Waals surface area contributed by atoms with E-state index < -0.39 is 0 Å². The van der Waals surface area contributed by atoms with Gasteiger partial charge in [-0.25, -0.2) is 0 Å². The number of unbranched alkanes of at least 4 members (excludes halogenated alkanes) is 7. The second kappa shape index (κ2) is 17.7. The lowest BCUT2D eigenvalue weighted by atomic mass is 10.1. The molecule has 3 aromatic rings. The highest BCUT2D eigenvalue weighted by Crippen LogP contribution is 2.33. The van der Waals surface area contributed by atoms with Crippen molar-refractivity contribution in [3.8, 4) is 17.2 Å². The second-order valence-electron chi connectivity index (χ2n) is 9.34. The fraction of sp³-hybridized carbons (Fsp3) is 0.364. The summed E-state index contributed by atoms with van der Waals surface area (Å²) in [6.07, 6.45) is 12.8. The van der Waals surface area contributed by atoms with Gasteiger partial charge >= 0.3 is 0 Å². The Morgan fingerprint density at radius 3 is 1.92 bits per heavy atom. The zero-order valence-electron chi connectivity index (χ0n) is 22.6. The standard InChI is InChI=1S/C33H41NO4/c1-2-3-4-5-6-7-8-15-23-34-33(35)22-24-36-30-20-21-31(37-26-28-16-11-9-12-17-28)32(25-30)38-27-29-18-13-10-14-19-29/h9-14,16-22,24-25H,2-8,15,23,26-27H2,1H3,(H,34,35). The van der Waals surface area contributed by atoms with Crippen molar-refractivity contribution in [2.45, 2.75) is 71.5 Å². The van der Waals surface area contributed by atoms with Crippen molar-refractivity contribution < 1.29 is 19.0 Å². The van der Waals surface area contributed by atoms with Gasteiger partial charge in [0.1, 0.15) is 19.0 Å². The van der Waals surface area contributed by atoms with E-state index in [1.807, 2.05) is 66.7 Å². The molecule has 0 radical (unpaired) electrons. The first-order chi connectivity index (χ1) is 18.7. The van der Waals surface area contributed by atoms with Gasteiger partial charge in [0.15, 0.2) is 11.5 Å². The maximum atomic E-state index is 12.1. The monoisotopic (exact) mass is 515 g/mol. The average Bonchev–Trinajstić information content (AvgIpc) is 2.95. The van der Waals surface area contributed by atoms with E-state index in [0.717, 1.165) is 24.0 Å². The summed E-state index contributed by atoms with van der Waals surface area (Å²) < 4.78 is 17.8. The number of benzene rings is 3. The summed E-state index contributed by atoms with van der Waals surface area (Å²) in [4.78, 5) is 12.1. The van der Waals surface area contributed by atoms with Gasteiger partial charge in [0.2, 0.25) is 5.91 Å². The lowest BCUT2D eigenvalue weighted by Crippen LogP contribution is -2.22. The number of nitrogens with one attached hydrogen (secondary N) is 1. The van der Waals surface area contributed by atoms with Crippen LogP contribution in [0.5, 0.6) is 17.2 Å². The second-order valence-corrected chi connectivity index (χ2v) is 9.34. The molecule has 0 aliphatic rings. The lowest BCUT2D eigenvalue weighted by Gasteiger charge is -2.14. The molecule has 0 fully saturated rings. The number of ether oxygens (including phenoxy) is 3. The van der Waals surface area contributed by atoms with Crippen molar-refractivity contribution in [1.82, 2.24) is 5.32 Å². The molecule has 3 rings (SSSR count). The molecule has 3 aromatic carbocycles. The van der Waals surface area contributed by atoms with Crippen molar-refractivity contribution in [1.29, 1.82) is 0 Å². The van der Waals surface area contributed by atoms with Crippen LogP contribution in [0.4, 0.5) is 0 Å². The van der Waals surface area contributed by atoms with E-state index in [1.54, 1.807) is 12.1 Å². The molecule has 1 amide bonds. The van der Waals surface area contributed by atoms with E-state index in [4.69, 9.17) is 14.2 Å². The third-order valence-electron chi connectivity index (χ3n) is 6.14. The van der Waals surface area contributed by atoms with E-state index in [2.05, 4.69) is 12.2 Å². The van der Waals surface area contributed by atoms with Gasteiger partial charge in [-0.3, -0.25) is 4.79 Å². The maximum absolute atomic E-state index is 12.1. The van der Waals surface area contributed by atoms with Gasteiger partial charge < -0.3 is 19.5 Å². The minimum atomic E-state index is -0.156. The predicted octanol–water partition coefficient (Wildman–Crippen LogP) is 7.99. The van der Waals surface area contributed by atoms with Crippen LogP contribution in [-0.4, -0.2) is 12.5 Å². The summed E-state index contributed by atoms with van der Waals surface area (Å²) in [5.74, 6) is 1.61. The average molecular weight is 516 g/mol. The van der Waals surface area contributed by atoms with E-state index in [0.29, 0.717) is 37.0 Å². The van der Waals surface area contributed by atoms with Crippen molar-refractivity contribution >= 4 is 5.91 Å². The Bertz CT molecular complexity index is 1080. The molecule has 0 aromatic heterocycles. The van der Waals surface area contributed by atoms with Gasteiger partial charge in [-0.2, -0.15) is 0 Å². The highest BCUT2D eigenvalue weighted by molar-refractivity contribution is 5.87. The quantitative estimate of drug-likeness (QED) is 0.106. The molecular formula is C33H41NO4. The molecule has 5 heteroatoms. The van der Waals surface area contributed by atoms with Gasteiger partial charge in [0.05, 0.1) is 6.26 Å². The summed E-state index contributed by atoms with van der Waals surface area (Å²) in [5.41, 5.74) is 2.13. The Kier molecular flexibility index (Phi) is 13.4. The molecule has 0 spiro atoms. The molecule has 5 nitrogen and oxygen atoms in total. The Labute approximate surface area is 227 Å². The fourth-order valence-corrected chi connectivity index (χ4v) is 3.97. The molecule has 0 saturated carbocycles. The van der Waals surface area contributed by atoms with Gasteiger partial charge in [-0.05, 0) is 29.7 Å². The molecule has 0 aliphatic carbocycles. The first-order valence-electron chi connectivity index (χ1n) is 13.8. The number of hydrogen-bond donors (Lipinski definition) is 1. The van der Waals surface area contributed by atoms with E-state index in [-0.39, 0.29) is 5.91 Å². The Morgan fingerprint density at radius 1 is 0.711 bits per heavy atom. The molecular weight excluding hydrogens is 474 g/mol. The normalized spacial score (nSPS) is 10.9. The smallest absolute Gasteiger partial charge is 0.247 e. The van der Waals surface area contributed by atoms with Crippen LogP contribution >= 0.6 is 0 Å². The van der Waals surface area contributed by atoms with Crippen molar-refractivity contribution in [3.63, 3.8) is 0 Å². The number of rotatable bonds is 18. The van der Waals surface area contributed by atoms with E-state index in [9.17, 15) is 4.79 Å². The van der Waals surface area contributed by atoms with Gasteiger partial charge in [-0.1, -0.05) is 113 Å². The number of amides is 1. The Balaban J connectivity index is 1.47. The fourth-order valence-electron chi connectivity index (χ4n) is 3.97. The third-order valence-corrected chi connectivity index (χ3v) is 6.14. The molecule has 0 unspecified atom stereocenters. The molecule has 202 valence electrons. The van der Waals surface area contributed by atoms with Gasteiger partial charge in [0.25, 0.3) is 0 Å². The van der Waals surface area contributed by atoms with Crippen LogP contribution in [0.15, 0.2) is 91.2 Å². The minimum absolute atomic E-state index is 0.156. The predicted molar refractivity (Wildman–Crippen MR) is 153 cm³/mol. The van der Waals surface area contributed by atoms with Crippen LogP contribution in [0.25, 0.3) is 0 Å². The Morgan fingerprint density at radius 2 is 1.29 bits per heavy atom. The van der Waals surface area contributed by atoms with E-state index >= 15 is 0 Å². The highest BCUT2D eigenvalue weighted by atomic mass is 16.5. The van der Waals surface area contributed by atoms with Gasteiger partial charge in [0, 0.05) is 18.7 Å². The zero-order chi connectivity index (χ0) is 26.7. The topological polar surface area (TPSA) is 56.8 Å². The third kappa shape index (κ3) is 11.5. The first-order valence-corrected chi connectivity index (χ1v) is 13.8. The van der Waals surface area contributed by atoms with Crippen LogP contribution in [0.3, 0.4) is 0 Å². The van der Waals surface area contributed by atoms with Crippen LogP contribution < -0.4 is 19.5 Å². The van der Waals surface area contributed by atoms with Crippen molar-refractivity contribution in [2.75, 3.05) is 6.54 Å². The number of carbonyl (C=O) groups excluding carboxylic acids is 1. The molecule has 0 atom stereocenters. The maximum Gasteiger partial charge on any atom is 0.247 e. The zero-order valence-corrected chi connectivity index (χ0v) is 22.6. The largest absolute Gasteiger partial charge is 0.485 e. The van der Waals surface area contributed by atoms with Crippen LogP contribution in [0, 0.1) is 0 Å². The van der Waals surface area contributed by atoms with E-state index in [1.165, 1.54) is 50.9 Å². The summed E-state index contributed by atoms with van der Waals surface area (Å²) in [6, 6.07) is 25.4. The van der Waals surface area contributed by atoms with Crippen molar-refractivity contribution in [2.24, 2.45) is 0 Å². The summed E-state index contributed by atoms with van der Waals surface area (Å²) >= 11 is 0.